The Morgan fingerprint density at radius 3 is 2.56 bits per heavy atom. The molecule has 90 valence electrons. The third-order valence-corrected chi connectivity index (χ3v) is 3.58. The molecule has 0 radical (unpaired) electrons. The summed E-state index contributed by atoms with van der Waals surface area (Å²) in [6.07, 6.45) is 11.7. The highest BCUT2D eigenvalue weighted by atomic mass is 16.2. The van der Waals surface area contributed by atoms with E-state index >= 15 is 0 Å². The lowest BCUT2D eigenvalue weighted by atomic mass is 9.79. The molecule has 3 heteroatoms. The fraction of sp³-hybridized carbons (Fsp3) is 0.769. The second kappa shape index (κ2) is 5.91. The molecule has 0 saturated heterocycles. The zero-order valence-corrected chi connectivity index (χ0v) is 10.4. The number of carbonyl (C=O) groups excluding carboxylic acids is 1. The van der Waals surface area contributed by atoms with Crippen LogP contribution in [-0.2, 0) is 4.79 Å². The molecule has 0 aromatic carbocycles. The van der Waals surface area contributed by atoms with Crippen LogP contribution in [0.2, 0.25) is 0 Å². The molecule has 0 unspecified atom stereocenters. The van der Waals surface area contributed by atoms with E-state index in [1.807, 2.05) is 7.05 Å². The van der Waals surface area contributed by atoms with Crippen molar-refractivity contribution in [3.63, 3.8) is 0 Å². The van der Waals surface area contributed by atoms with Crippen LogP contribution in [0, 0.1) is 12.3 Å². The van der Waals surface area contributed by atoms with Gasteiger partial charge in [-0.25, -0.2) is 0 Å². The number of hydrogen-bond donors (Lipinski definition) is 1. The largest absolute Gasteiger partial charge is 0.335 e. The summed E-state index contributed by atoms with van der Waals surface area (Å²) >= 11 is 0. The molecule has 0 heterocycles. The van der Waals surface area contributed by atoms with Gasteiger partial charge in [-0.2, -0.15) is 0 Å². The zero-order valence-electron chi connectivity index (χ0n) is 10.4. The van der Waals surface area contributed by atoms with Crippen LogP contribution in [0.25, 0.3) is 0 Å². The molecular formula is C13H22N2O. The van der Waals surface area contributed by atoms with Gasteiger partial charge in [0.25, 0.3) is 0 Å². The third-order valence-electron chi connectivity index (χ3n) is 3.58. The third kappa shape index (κ3) is 3.24. The number of rotatable bonds is 4. The van der Waals surface area contributed by atoms with Gasteiger partial charge in [0.15, 0.2) is 0 Å². The molecule has 0 aromatic heterocycles. The molecule has 0 bridgehead atoms. The van der Waals surface area contributed by atoms with Crippen LogP contribution >= 0.6 is 0 Å². The summed E-state index contributed by atoms with van der Waals surface area (Å²) in [5.74, 6) is 2.65. The van der Waals surface area contributed by atoms with Crippen LogP contribution in [0.1, 0.15) is 38.5 Å². The standard InChI is InChI=1S/C13H22N2O/c1-4-10-15(3)12(16)11-13(14-2)8-6-5-7-9-13/h1,14H,5-11H2,2-3H3. The van der Waals surface area contributed by atoms with Crippen molar-refractivity contribution in [2.24, 2.45) is 0 Å². The first-order chi connectivity index (χ1) is 7.63. The molecule has 1 amide bonds. The quantitative estimate of drug-likeness (QED) is 0.729. The molecule has 1 aliphatic carbocycles. The van der Waals surface area contributed by atoms with Crippen molar-refractivity contribution in [3.8, 4) is 12.3 Å². The second-order valence-electron chi connectivity index (χ2n) is 4.72. The van der Waals surface area contributed by atoms with Crippen molar-refractivity contribution in [1.82, 2.24) is 10.2 Å². The minimum atomic E-state index is 0.0121. The van der Waals surface area contributed by atoms with E-state index in [2.05, 4.69) is 11.2 Å². The lowest BCUT2D eigenvalue weighted by Gasteiger charge is -2.37. The first kappa shape index (κ1) is 13.1. The molecule has 1 saturated carbocycles. The van der Waals surface area contributed by atoms with Crippen molar-refractivity contribution in [3.05, 3.63) is 0 Å². The lowest BCUT2D eigenvalue weighted by Crippen LogP contribution is -2.48. The van der Waals surface area contributed by atoms with Crippen LogP contribution < -0.4 is 5.32 Å². The van der Waals surface area contributed by atoms with Crippen LogP contribution in [0.5, 0.6) is 0 Å². The van der Waals surface area contributed by atoms with Gasteiger partial charge in [-0.3, -0.25) is 4.79 Å². The molecule has 1 aliphatic rings. The Morgan fingerprint density at radius 1 is 1.44 bits per heavy atom. The Labute approximate surface area is 98.6 Å². The molecule has 0 aliphatic heterocycles. The van der Waals surface area contributed by atoms with Crippen molar-refractivity contribution in [2.75, 3.05) is 20.6 Å². The van der Waals surface area contributed by atoms with Crippen molar-refractivity contribution in [2.45, 2.75) is 44.1 Å². The minimum absolute atomic E-state index is 0.0121. The van der Waals surface area contributed by atoms with Gasteiger partial charge < -0.3 is 10.2 Å². The molecule has 0 aromatic rings. The van der Waals surface area contributed by atoms with Gasteiger partial charge in [0.05, 0.1) is 6.54 Å². The predicted octanol–water partition coefficient (Wildman–Crippen LogP) is 1.39. The Hall–Kier alpha value is -1.01. The normalized spacial score (nSPS) is 18.8. The molecule has 1 fully saturated rings. The molecule has 3 nitrogen and oxygen atoms in total. The minimum Gasteiger partial charge on any atom is -0.335 e. The maximum Gasteiger partial charge on any atom is 0.224 e. The van der Waals surface area contributed by atoms with E-state index in [-0.39, 0.29) is 11.4 Å². The number of amides is 1. The Kier molecular flexibility index (Phi) is 4.82. The SMILES string of the molecule is C#CCN(C)C(=O)CC1(NC)CCCCC1. The van der Waals surface area contributed by atoms with E-state index < -0.39 is 0 Å². The number of hydrogen-bond acceptors (Lipinski definition) is 2. The second-order valence-corrected chi connectivity index (χ2v) is 4.72. The van der Waals surface area contributed by atoms with Gasteiger partial charge in [-0.05, 0) is 19.9 Å². The highest BCUT2D eigenvalue weighted by Gasteiger charge is 2.33. The summed E-state index contributed by atoms with van der Waals surface area (Å²) in [7, 11) is 3.73. The molecule has 0 atom stereocenters. The van der Waals surface area contributed by atoms with Gasteiger partial charge in [0.2, 0.25) is 5.91 Å². The number of nitrogens with one attached hydrogen (secondary N) is 1. The number of terminal acetylenes is 1. The average molecular weight is 222 g/mol. The van der Waals surface area contributed by atoms with Crippen molar-refractivity contribution >= 4 is 5.91 Å². The van der Waals surface area contributed by atoms with Gasteiger partial charge in [0.1, 0.15) is 0 Å². The molecule has 0 spiro atoms. The monoisotopic (exact) mass is 222 g/mol. The Bertz CT molecular complexity index is 274. The summed E-state index contributed by atoms with van der Waals surface area (Å²) in [4.78, 5) is 13.6. The summed E-state index contributed by atoms with van der Waals surface area (Å²) in [6, 6.07) is 0. The first-order valence-corrected chi connectivity index (χ1v) is 6.00. The highest BCUT2D eigenvalue weighted by Crippen LogP contribution is 2.31. The van der Waals surface area contributed by atoms with Crippen LogP contribution in [0.4, 0.5) is 0 Å². The Balaban J connectivity index is 2.55. The molecule has 16 heavy (non-hydrogen) atoms. The zero-order chi connectivity index (χ0) is 12.0. The fourth-order valence-electron chi connectivity index (χ4n) is 2.39. The smallest absolute Gasteiger partial charge is 0.224 e. The molecule has 1 rings (SSSR count). The number of nitrogens with zero attached hydrogens (tertiary/aromatic N) is 1. The Morgan fingerprint density at radius 2 is 2.06 bits per heavy atom. The molecular weight excluding hydrogens is 200 g/mol. The summed E-state index contributed by atoms with van der Waals surface area (Å²) in [5, 5.41) is 3.35. The summed E-state index contributed by atoms with van der Waals surface area (Å²) < 4.78 is 0. The van der Waals surface area contributed by atoms with Crippen LogP contribution in [0.15, 0.2) is 0 Å². The molecule has 1 N–H and O–H groups in total. The predicted molar refractivity (Wildman–Crippen MR) is 66.0 cm³/mol. The highest BCUT2D eigenvalue weighted by molar-refractivity contribution is 5.77. The first-order valence-electron chi connectivity index (χ1n) is 6.00. The average Bonchev–Trinajstić information content (AvgIpc) is 2.30. The van der Waals surface area contributed by atoms with Crippen LogP contribution in [-0.4, -0.2) is 37.0 Å². The maximum absolute atomic E-state index is 12.0. The fourth-order valence-corrected chi connectivity index (χ4v) is 2.39. The van der Waals surface area contributed by atoms with E-state index in [1.165, 1.54) is 19.3 Å². The van der Waals surface area contributed by atoms with Gasteiger partial charge >= 0.3 is 0 Å². The van der Waals surface area contributed by atoms with E-state index in [0.29, 0.717) is 13.0 Å². The van der Waals surface area contributed by atoms with Crippen molar-refractivity contribution in [1.29, 1.82) is 0 Å². The van der Waals surface area contributed by atoms with E-state index in [9.17, 15) is 4.79 Å². The summed E-state index contributed by atoms with van der Waals surface area (Å²) in [6.45, 7) is 0.401. The van der Waals surface area contributed by atoms with Gasteiger partial charge in [0, 0.05) is 19.0 Å². The topological polar surface area (TPSA) is 32.3 Å². The lowest BCUT2D eigenvalue weighted by molar-refractivity contribution is -0.131. The van der Waals surface area contributed by atoms with E-state index in [4.69, 9.17) is 6.42 Å². The maximum atomic E-state index is 12.0. The van der Waals surface area contributed by atoms with E-state index in [1.54, 1.807) is 11.9 Å². The summed E-state index contributed by atoms with van der Waals surface area (Å²) in [5.41, 5.74) is 0.0121. The number of carbonyl (C=O) groups is 1. The van der Waals surface area contributed by atoms with Crippen molar-refractivity contribution < 1.29 is 4.79 Å². The van der Waals surface area contributed by atoms with Crippen LogP contribution in [0.3, 0.4) is 0 Å². The van der Waals surface area contributed by atoms with Gasteiger partial charge in [-0.15, -0.1) is 6.42 Å². The van der Waals surface area contributed by atoms with Gasteiger partial charge in [-0.1, -0.05) is 25.2 Å². The van der Waals surface area contributed by atoms with E-state index in [0.717, 1.165) is 12.8 Å².